The fourth-order valence-corrected chi connectivity index (χ4v) is 3.66. The lowest BCUT2D eigenvalue weighted by Gasteiger charge is -2.25. The van der Waals surface area contributed by atoms with Crippen molar-refractivity contribution in [3.8, 4) is 0 Å². The summed E-state index contributed by atoms with van der Waals surface area (Å²) in [6.45, 7) is 1.04. The van der Waals surface area contributed by atoms with E-state index in [-0.39, 0.29) is 6.54 Å². The number of hydrogen-bond acceptors (Lipinski definition) is 5. The molecule has 1 aliphatic rings. The molecular formula is C18H17ClF2N6O. The number of amides is 1. The van der Waals surface area contributed by atoms with E-state index in [1.165, 1.54) is 12.4 Å². The third-order valence-electron chi connectivity index (χ3n) is 4.88. The Morgan fingerprint density at radius 2 is 2.11 bits per heavy atom. The summed E-state index contributed by atoms with van der Waals surface area (Å²) >= 11 is 6.23. The van der Waals surface area contributed by atoms with Gasteiger partial charge in [0, 0.05) is 25.8 Å². The number of carbonyl (C=O) groups excluding carboxylic acids is 1. The van der Waals surface area contributed by atoms with Gasteiger partial charge in [0.1, 0.15) is 35.0 Å². The Bertz CT molecular complexity index is 1040. The zero-order valence-electron chi connectivity index (χ0n) is 14.7. The predicted octanol–water partition coefficient (Wildman–Crippen LogP) is 2.23. The van der Waals surface area contributed by atoms with Crippen LogP contribution in [-0.2, 0) is 0 Å². The average molecular weight is 407 g/mol. The van der Waals surface area contributed by atoms with E-state index in [9.17, 15) is 13.6 Å². The number of nitrogens with zero attached hydrogens (tertiary/aromatic N) is 3. The lowest BCUT2D eigenvalue weighted by atomic mass is 10.00. The molecule has 0 spiro atoms. The third-order valence-corrected chi connectivity index (χ3v) is 5.18. The molecule has 0 bridgehead atoms. The number of hydrogen-bond donors (Lipinski definition) is 3. The van der Waals surface area contributed by atoms with Crippen molar-refractivity contribution in [1.29, 1.82) is 0 Å². The highest BCUT2D eigenvalue weighted by Crippen LogP contribution is 2.33. The summed E-state index contributed by atoms with van der Waals surface area (Å²) in [7, 11) is 0. The van der Waals surface area contributed by atoms with Gasteiger partial charge in [0.15, 0.2) is 0 Å². The molecule has 2 aromatic heterocycles. The van der Waals surface area contributed by atoms with Gasteiger partial charge < -0.3 is 20.9 Å². The number of carbonyl (C=O) groups is 1. The number of rotatable bonds is 4. The molecule has 1 amide bonds. The Labute approximate surface area is 163 Å². The van der Waals surface area contributed by atoms with Gasteiger partial charge in [-0.2, -0.15) is 0 Å². The van der Waals surface area contributed by atoms with Gasteiger partial charge in [-0.15, -0.1) is 0 Å². The van der Waals surface area contributed by atoms with Crippen LogP contribution < -0.4 is 16.0 Å². The highest BCUT2D eigenvalue weighted by molar-refractivity contribution is 6.36. The Morgan fingerprint density at radius 3 is 2.86 bits per heavy atom. The van der Waals surface area contributed by atoms with Crippen LogP contribution in [0, 0.1) is 11.6 Å². The molecule has 4 N–H and O–H groups in total. The van der Waals surface area contributed by atoms with E-state index in [1.807, 2.05) is 4.90 Å². The first-order valence-corrected chi connectivity index (χ1v) is 8.99. The van der Waals surface area contributed by atoms with Crippen LogP contribution in [0.2, 0.25) is 5.02 Å². The summed E-state index contributed by atoms with van der Waals surface area (Å²) in [6, 6.07) is 3.28. The summed E-state index contributed by atoms with van der Waals surface area (Å²) in [5.41, 5.74) is 5.64. The van der Waals surface area contributed by atoms with E-state index in [2.05, 4.69) is 20.3 Å². The number of nitrogens with one attached hydrogen (secondary N) is 2. The van der Waals surface area contributed by atoms with E-state index in [0.29, 0.717) is 41.4 Å². The molecule has 0 saturated carbocycles. The Balaban J connectivity index is 1.48. The quantitative estimate of drug-likeness (QED) is 0.617. The monoisotopic (exact) mass is 406 g/mol. The maximum absolute atomic E-state index is 13.8. The minimum absolute atomic E-state index is 0.0607. The van der Waals surface area contributed by atoms with E-state index >= 15 is 0 Å². The molecule has 0 aliphatic carbocycles. The Hall–Kier alpha value is -2.78. The van der Waals surface area contributed by atoms with Crippen LogP contribution in [0.3, 0.4) is 0 Å². The number of benzene rings is 1. The highest BCUT2D eigenvalue weighted by Gasteiger charge is 2.36. The largest absolute Gasteiger partial charge is 0.354 e. The standard InChI is InChI=1S/C18H17ClF2N6O/c19-10-6-23-15-13(10)16(26-9-25-15)27-5-4-18(22,8-27)7-24-17(28)14-11(20)2-1-3-12(14)21/h1-3,6,9H,4-5,7-8,22H2,(H,24,28)(H,23,25,26)/t18-/m0/s1. The Morgan fingerprint density at radius 1 is 1.36 bits per heavy atom. The van der Waals surface area contributed by atoms with Gasteiger partial charge in [-0.25, -0.2) is 18.7 Å². The maximum Gasteiger partial charge on any atom is 0.257 e. The molecule has 1 aromatic carbocycles. The number of H-pyrrole nitrogens is 1. The van der Waals surface area contributed by atoms with Crippen LogP contribution in [0.25, 0.3) is 11.0 Å². The van der Waals surface area contributed by atoms with Gasteiger partial charge in [-0.1, -0.05) is 17.7 Å². The topological polar surface area (TPSA) is 99.9 Å². The second kappa shape index (κ2) is 6.99. The lowest BCUT2D eigenvalue weighted by molar-refractivity contribution is 0.0936. The number of fused-ring (bicyclic) bond motifs is 1. The van der Waals surface area contributed by atoms with Crippen molar-refractivity contribution in [2.45, 2.75) is 12.0 Å². The molecule has 0 radical (unpaired) electrons. The first-order valence-electron chi connectivity index (χ1n) is 8.62. The summed E-state index contributed by atoms with van der Waals surface area (Å²) in [4.78, 5) is 25.6. The molecule has 1 fully saturated rings. The molecule has 7 nitrogen and oxygen atoms in total. The van der Waals surface area contributed by atoms with Crippen molar-refractivity contribution in [2.24, 2.45) is 5.73 Å². The fourth-order valence-electron chi connectivity index (χ4n) is 3.43. The van der Waals surface area contributed by atoms with Crippen molar-refractivity contribution in [1.82, 2.24) is 20.3 Å². The molecule has 1 aliphatic heterocycles. The van der Waals surface area contributed by atoms with Crippen LogP contribution in [0.4, 0.5) is 14.6 Å². The normalized spacial score (nSPS) is 19.4. The molecule has 28 heavy (non-hydrogen) atoms. The van der Waals surface area contributed by atoms with Gasteiger partial charge in [-0.05, 0) is 18.6 Å². The highest BCUT2D eigenvalue weighted by atomic mass is 35.5. The van der Waals surface area contributed by atoms with Gasteiger partial charge in [0.05, 0.1) is 15.9 Å². The van der Waals surface area contributed by atoms with E-state index < -0.39 is 28.6 Å². The van der Waals surface area contributed by atoms with Crippen molar-refractivity contribution >= 4 is 34.4 Å². The van der Waals surface area contributed by atoms with Crippen LogP contribution >= 0.6 is 11.6 Å². The molecule has 1 atom stereocenters. The van der Waals surface area contributed by atoms with Crippen LogP contribution in [-0.4, -0.2) is 46.0 Å². The summed E-state index contributed by atoms with van der Waals surface area (Å²) in [6.07, 6.45) is 3.63. The molecule has 3 aromatic rings. The van der Waals surface area contributed by atoms with Crippen LogP contribution in [0.5, 0.6) is 0 Å². The molecule has 4 rings (SSSR count). The van der Waals surface area contributed by atoms with Crippen molar-refractivity contribution in [2.75, 3.05) is 24.5 Å². The van der Waals surface area contributed by atoms with Crippen molar-refractivity contribution < 1.29 is 13.6 Å². The summed E-state index contributed by atoms with van der Waals surface area (Å²) < 4.78 is 27.5. The second-order valence-corrected chi connectivity index (χ2v) is 7.28. The number of halogens is 3. The molecule has 10 heteroatoms. The van der Waals surface area contributed by atoms with Crippen LogP contribution in [0.1, 0.15) is 16.8 Å². The minimum Gasteiger partial charge on any atom is -0.354 e. The molecular weight excluding hydrogens is 390 g/mol. The average Bonchev–Trinajstić information content (AvgIpc) is 3.24. The maximum atomic E-state index is 13.8. The smallest absolute Gasteiger partial charge is 0.257 e. The van der Waals surface area contributed by atoms with E-state index in [4.69, 9.17) is 17.3 Å². The van der Waals surface area contributed by atoms with E-state index in [0.717, 1.165) is 12.1 Å². The predicted molar refractivity (Wildman–Crippen MR) is 101 cm³/mol. The van der Waals surface area contributed by atoms with Gasteiger partial charge >= 0.3 is 0 Å². The van der Waals surface area contributed by atoms with Gasteiger partial charge in [-0.3, -0.25) is 4.79 Å². The number of aromatic nitrogens is 3. The van der Waals surface area contributed by atoms with E-state index in [1.54, 1.807) is 6.20 Å². The molecule has 3 heterocycles. The molecule has 0 unspecified atom stereocenters. The molecule has 146 valence electrons. The number of nitrogens with two attached hydrogens (primary N) is 1. The summed E-state index contributed by atoms with van der Waals surface area (Å²) in [5, 5.41) is 3.75. The molecule has 1 saturated heterocycles. The van der Waals surface area contributed by atoms with Gasteiger partial charge in [0.2, 0.25) is 0 Å². The minimum atomic E-state index is -0.915. The second-order valence-electron chi connectivity index (χ2n) is 6.87. The zero-order valence-corrected chi connectivity index (χ0v) is 15.4. The van der Waals surface area contributed by atoms with Gasteiger partial charge in [0.25, 0.3) is 5.91 Å². The first kappa shape index (κ1) is 18.6. The zero-order chi connectivity index (χ0) is 19.9. The SMILES string of the molecule is N[C@]1(CNC(=O)c2c(F)cccc2F)CCN(c2ncnc3[nH]cc(Cl)c23)C1. The lowest BCUT2D eigenvalue weighted by Crippen LogP contribution is -2.52. The Kier molecular flexibility index (Phi) is 4.64. The van der Waals surface area contributed by atoms with Crippen molar-refractivity contribution in [3.63, 3.8) is 0 Å². The number of anilines is 1. The third kappa shape index (κ3) is 3.27. The first-order chi connectivity index (χ1) is 13.4. The fraction of sp³-hybridized carbons (Fsp3) is 0.278. The van der Waals surface area contributed by atoms with Crippen molar-refractivity contribution in [3.05, 3.63) is 52.9 Å². The number of aromatic amines is 1. The summed E-state index contributed by atoms with van der Waals surface area (Å²) in [5.74, 6) is -2.02. The van der Waals surface area contributed by atoms with Crippen LogP contribution in [0.15, 0.2) is 30.7 Å².